The Kier molecular flexibility index (Phi) is 3.74. The first-order valence-electron chi connectivity index (χ1n) is 6.97. The molecule has 1 aliphatic rings. The summed E-state index contributed by atoms with van der Waals surface area (Å²) in [5.41, 5.74) is -3.98. The van der Waals surface area contributed by atoms with Crippen LogP contribution in [-0.2, 0) is 12.4 Å². The van der Waals surface area contributed by atoms with Crippen LogP contribution >= 0.6 is 0 Å². The van der Waals surface area contributed by atoms with Crippen LogP contribution in [0.1, 0.15) is 43.3 Å². The molecule has 0 aromatic heterocycles. The number of benzene rings is 2. The largest absolute Gasteiger partial charge is 0.416 e. The second kappa shape index (κ2) is 5.44. The van der Waals surface area contributed by atoms with Gasteiger partial charge in [0.25, 0.3) is 0 Å². The minimum Gasteiger partial charge on any atom is -0.293 e. The maximum Gasteiger partial charge on any atom is 0.416 e. The Labute approximate surface area is 137 Å². The molecule has 3 rings (SSSR count). The molecule has 0 spiro atoms. The number of halogens is 6. The standard InChI is InChI=1S/C17H8F6O2/c18-16(19,20)8-5-6-11(12(7-8)17(21,22)23)13-14(24)9-3-1-2-4-10(9)15(13)25/h1-7,13H. The van der Waals surface area contributed by atoms with Gasteiger partial charge in [0.1, 0.15) is 5.92 Å². The lowest BCUT2D eigenvalue weighted by atomic mass is 9.88. The summed E-state index contributed by atoms with van der Waals surface area (Å²) in [5.74, 6) is -3.51. The average Bonchev–Trinajstić information content (AvgIpc) is 2.77. The monoisotopic (exact) mass is 358 g/mol. The molecule has 0 heterocycles. The molecule has 0 aliphatic heterocycles. The minimum atomic E-state index is -5.15. The van der Waals surface area contributed by atoms with Crippen LogP contribution in [0.2, 0.25) is 0 Å². The maximum absolute atomic E-state index is 13.3. The molecule has 1 aliphatic carbocycles. The molecule has 2 aromatic rings. The van der Waals surface area contributed by atoms with Gasteiger partial charge in [-0.1, -0.05) is 30.3 Å². The van der Waals surface area contributed by atoms with Crippen LogP contribution in [0, 0.1) is 0 Å². The fraction of sp³-hybridized carbons (Fsp3) is 0.176. The fourth-order valence-electron chi connectivity index (χ4n) is 2.86. The van der Waals surface area contributed by atoms with Gasteiger partial charge in [0, 0.05) is 11.1 Å². The zero-order valence-electron chi connectivity index (χ0n) is 12.2. The van der Waals surface area contributed by atoms with Crippen molar-refractivity contribution in [1.82, 2.24) is 0 Å². The van der Waals surface area contributed by atoms with Gasteiger partial charge in [-0.05, 0) is 17.7 Å². The van der Waals surface area contributed by atoms with Gasteiger partial charge in [0.2, 0.25) is 0 Å². The quantitative estimate of drug-likeness (QED) is 0.537. The van der Waals surface area contributed by atoms with Crippen molar-refractivity contribution in [3.63, 3.8) is 0 Å². The lowest BCUT2D eigenvalue weighted by molar-refractivity contribution is -0.143. The van der Waals surface area contributed by atoms with Crippen LogP contribution in [0.3, 0.4) is 0 Å². The van der Waals surface area contributed by atoms with Crippen molar-refractivity contribution in [3.05, 3.63) is 70.3 Å². The maximum atomic E-state index is 13.3. The van der Waals surface area contributed by atoms with Crippen LogP contribution in [0.5, 0.6) is 0 Å². The Morgan fingerprint density at radius 1 is 0.720 bits per heavy atom. The molecule has 0 radical (unpaired) electrons. The van der Waals surface area contributed by atoms with E-state index in [0.717, 1.165) is 0 Å². The summed E-state index contributed by atoms with van der Waals surface area (Å²) in [4.78, 5) is 24.7. The molecule has 0 N–H and O–H groups in total. The Balaban J connectivity index is 2.19. The third-order valence-electron chi connectivity index (χ3n) is 3.98. The van der Waals surface area contributed by atoms with E-state index in [0.29, 0.717) is 12.1 Å². The van der Waals surface area contributed by atoms with Crippen LogP contribution in [-0.4, -0.2) is 11.6 Å². The van der Waals surface area contributed by atoms with Crippen molar-refractivity contribution in [2.75, 3.05) is 0 Å². The number of ketones is 2. The number of alkyl halides is 6. The predicted octanol–water partition coefficient (Wildman–Crippen LogP) is 4.89. The number of Topliss-reactive ketones (excluding diaryl/α,β-unsaturated/α-hetero) is 2. The average molecular weight is 358 g/mol. The van der Waals surface area contributed by atoms with Crippen molar-refractivity contribution >= 4 is 11.6 Å². The number of rotatable bonds is 1. The number of hydrogen-bond donors (Lipinski definition) is 0. The Bertz CT molecular complexity index is 844. The summed E-state index contributed by atoms with van der Waals surface area (Å²) in [6.07, 6.45) is -10.1. The van der Waals surface area contributed by atoms with E-state index in [2.05, 4.69) is 0 Å². The van der Waals surface area contributed by atoms with Crippen LogP contribution in [0.25, 0.3) is 0 Å². The third-order valence-corrected chi connectivity index (χ3v) is 3.98. The number of carbonyl (C=O) groups is 2. The molecule has 0 saturated carbocycles. The van der Waals surface area contributed by atoms with Crippen molar-refractivity contribution in [1.29, 1.82) is 0 Å². The van der Waals surface area contributed by atoms with Crippen LogP contribution < -0.4 is 0 Å². The predicted molar refractivity (Wildman–Crippen MR) is 74.3 cm³/mol. The first-order valence-corrected chi connectivity index (χ1v) is 6.97. The number of fused-ring (bicyclic) bond motifs is 1. The summed E-state index contributed by atoms with van der Waals surface area (Å²) < 4.78 is 78.0. The summed E-state index contributed by atoms with van der Waals surface area (Å²) in [7, 11) is 0. The SMILES string of the molecule is O=C1c2ccccc2C(=O)C1c1ccc(C(F)(F)F)cc1C(F)(F)F. The normalized spacial score (nSPS) is 15.6. The molecular formula is C17H8F6O2. The highest BCUT2D eigenvalue weighted by atomic mass is 19.4. The Morgan fingerprint density at radius 3 is 1.68 bits per heavy atom. The van der Waals surface area contributed by atoms with Gasteiger partial charge < -0.3 is 0 Å². The van der Waals surface area contributed by atoms with Crippen LogP contribution in [0.15, 0.2) is 42.5 Å². The van der Waals surface area contributed by atoms with Gasteiger partial charge >= 0.3 is 12.4 Å². The van der Waals surface area contributed by atoms with Gasteiger partial charge in [-0.25, -0.2) is 0 Å². The Hall–Kier alpha value is -2.64. The summed E-state index contributed by atoms with van der Waals surface area (Å²) in [5, 5.41) is 0. The highest BCUT2D eigenvalue weighted by Crippen LogP contribution is 2.43. The van der Waals surface area contributed by atoms with E-state index in [4.69, 9.17) is 0 Å². The smallest absolute Gasteiger partial charge is 0.293 e. The van der Waals surface area contributed by atoms with Gasteiger partial charge in [0.15, 0.2) is 11.6 Å². The highest BCUT2D eigenvalue weighted by molar-refractivity contribution is 6.29. The van der Waals surface area contributed by atoms with E-state index < -0.39 is 46.5 Å². The van der Waals surface area contributed by atoms with Gasteiger partial charge in [-0.3, -0.25) is 9.59 Å². The summed E-state index contributed by atoms with van der Waals surface area (Å²) in [6, 6.07) is 6.42. The first-order chi connectivity index (χ1) is 11.5. The molecule has 8 heteroatoms. The molecule has 2 nitrogen and oxygen atoms in total. The second-order valence-corrected chi connectivity index (χ2v) is 5.50. The second-order valence-electron chi connectivity index (χ2n) is 5.50. The molecule has 0 saturated heterocycles. The van der Waals surface area contributed by atoms with Crippen molar-refractivity contribution in [2.24, 2.45) is 0 Å². The van der Waals surface area contributed by atoms with E-state index >= 15 is 0 Å². The lowest BCUT2D eigenvalue weighted by Gasteiger charge is -2.18. The van der Waals surface area contributed by atoms with Crippen LogP contribution in [0.4, 0.5) is 26.3 Å². The molecular weight excluding hydrogens is 350 g/mol. The van der Waals surface area contributed by atoms with E-state index in [-0.39, 0.29) is 17.2 Å². The van der Waals surface area contributed by atoms with Gasteiger partial charge in [0.05, 0.1) is 11.1 Å². The summed E-state index contributed by atoms with van der Waals surface area (Å²) in [6.45, 7) is 0. The van der Waals surface area contributed by atoms with Crippen molar-refractivity contribution < 1.29 is 35.9 Å². The highest BCUT2D eigenvalue weighted by Gasteiger charge is 2.45. The number of hydrogen-bond acceptors (Lipinski definition) is 2. The molecule has 25 heavy (non-hydrogen) atoms. The van der Waals surface area contributed by atoms with E-state index in [1.165, 1.54) is 24.3 Å². The lowest BCUT2D eigenvalue weighted by Crippen LogP contribution is -2.20. The zero-order chi connectivity index (χ0) is 18.6. The van der Waals surface area contributed by atoms with E-state index in [1.807, 2.05) is 0 Å². The molecule has 0 unspecified atom stereocenters. The molecule has 0 bridgehead atoms. The molecule has 130 valence electrons. The van der Waals surface area contributed by atoms with Crippen molar-refractivity contribution in [3.8, 4) is 0 Å². The van der Waals surface area contributed by atoms with Crippen molar-refractivity contribution in [2.45, 2.75) is 18.3 Å². The number of carbonyl (C=O) groups excluding carboxylic acids is 2. The van der Waals surface area contributed by atoms with Gasteiger partial charge in [-0.15, -0.1) is 0 Å². The fourth-order valence-corrected chi connectivity index (χ4v) is 2.86. The molecule has 2 aromatic carbocycles. The molecule has 0 fully saturated rings. The first kappa shape index (κ1) is 17.2. The van der Waals surface area contributed by atoms with E-state index in [1.54, 1.807) is 0 Å². The Morgan fingerprint density at radius 2 is 1.24 bits per heavy atom. The van der Waals surface area contributed by atoms with E-state index in [9.17, 15) is 35.9 Å². The topological polar surface area (TPSA) is 34.1 Å². The molecule has 0 amide bonds. The third kappa shape index (κ3) is 2.81. The molecule has 0 atom stereocenters. The summed E-state index contributed by atoms with van der Waals surface area (Å²) >= 11 is 0. The van der Waals surface area contributed by atoms with Gasteiger partial charge in [-0.2, -0.15) is 26.3 Å². The minimum absolute atomic E-state index is 0.0366. The zero-order valence-corrected chi connectivity index (χ0v) is 12.2.